The number of anilines is 1. The zero-order chi connectivity index (χ0) is 13.7. The number of halogens is 1. The Morgan fingerprint density at radius 2 is 1.89 bits per heavy atom. The number of benzene rings is 1. The van der Waals surface area contributed by atoms with Gasteiger partial charge in [0.2, 0.25) is 0 Å². The van der Waals surface area contributed by atoms with E-state index in [0.29, 0.717) is 13.0 Å². The van der Waals surface area contributed by atoms with Crippen LogP contribution in [0.1, 0.15) is 16.1 Å². The molecule has 2 rings (SSSR count). The molecule has 1 aromatic heterocycles. The van der Waals surface area contributed by atoms with Crippen LogP contribution in [0.3, 0.4) is 0 Å². The van der Waals surface area contributed by atoms with Crippen molar-refractivity contribution in [2.45, 2.75) is 6.42 Å². The fraction of sp³-hybridized carbons (Fsp3) is 0.154. The third kappa shape index (κ3) is 3.48. The fourth-order valence-corrected chi connectivity index (χ4v) is 1.58. The van der Waals surface area contributed by atoms with Gasteiger partial charge in [0.25, 0.3) is 5.91 Å². The SMILES string of the molecule is Nc1nccnc1C(=O)NCCc1ccc(F)cc1. The summed E-state index contributed by atoms with van der Waals surface area (Å²) in [4.78, 5) is 19.4. The quantitative estimate of drug-likeness (QED) is 0.864. The van der Waals surface area contributed by atoms with Gasteiger partial charge < -0.3 is 11.1 Å². The van der Waals surface area contributed by atoms with E-state index in [1.54, 1.807) is 12.1 Å². The normalized spacial score (nSPS) is 10.2. The van der Waals surface area contributed by atoms with Crippen LogP contribution < -0.4 is 11.1 Å². The van der Waals surface area contributed by atoms with Crippen LogP contribution in [0.4, 0.5) is 10.2 Å². The molecule has 0 aliphatic carbocycles. The van der Waals surface area contributed by atoms with E-state index in [1.807, 2.05) is 0 Å². The first-order valence-electron chi connectivity index (χ1n) is 5.76. The number of hydrogen-bond donors (Lipinski definition) is 2. The van der Waals surface area contributed by atoms with E-state index in [9.17, 15) is 9.18 Å². The summed E-state index contributed by atoms with van der Waals surface area (Å²) in [5.41, 5.74) is 6.60. The number of nitrogens with one attached hydrogen (secondary N) is 1. The molecule has 6 heteroatoms. The summed E-state index contributed by atoms with van der Waals surface area (Å²) >= 11 is 0. The van der Waals surface area contributed by atoms with Crippen LogP contribution >= 0.6 is 0 Å². The molecule has 3 N–H and O–H groups in total. The van der Waals surface area contributed by atoms with Gasteiger partial charge in [0.15, 0.2) is 11.5 Å². The van der Waals surface area contributed by atoms with E-state index >= 15 is 0 Å². The van der Waals surface area contributed by atoms with Crippen molar-refractivity contribution in [1.29, 1.82) is 0 Å². The van der Waals surface area contributed by atoms with Crippen LogP contribution in [0.2, 0.25) is 0 Å². The van der Waals surface area contributed by atoms with Gasteiger partial charge in [-0.05, 0) is 24.1 Å². The summed E-state index contributed by atoms with van der Waals surface area (Å²) in [6, 6.07) is 6.13. The number of nitrogens with zero attached hydrogens (tertiary/aromatic N) is 2. The molecule has 5 nitrogen and oxygen atoms in total. The lowest BCUT2D eigenvalue weighted by Crippen LogP contribution is -2.27. The lowest BCUT2D eigenvalue weighted by atomic mass is 10.1. The Kier molecular flexibility index (Phi) is 4.02. The molecule has 1 aromatic carbocycles. The van der Waals surface area contributed by atoms with Gasteiger partial charge in [-0.25, -0.2) is 14.4 Å². The van der Waals surface area contributed by atoms with Gasteiger partial charge >= 0.3 is 0 Å². The standard InChI is InChI=1S/C13H13FN4O/c14-10-3-1-9(2-4-10)5-6-18-13(19)11-12(15)17-8-7-16-11/h1-4,7-8H,5-6H2,(H2,15,17)(H,18,19). The molecular weight excluding hydrogens is 247 g/mol. The molecule has 0 aliphatic rings. The summed E-state index contributed by atoms with van der Waals surface area (Å²) < 4.78 is 12.7. The summed E-state index contributed by atoms with van der Waals surface area (Å²) in [6.45, 7) is 0.417. The van der Waals surface area contributed by atoms with E-state index in [4.69, 9.17) is 5.73 Å². The Labute approximate surface area is 109 Å². The molecule has 1 amide bonds. The van der Waals surface area contributed by atoms with E-state index in [0.717, 1.165) is 5.56 Å². The fourth-order valence-electron chi connectivity index (χ4n) is 1.58. The lowest BCUT2D eigenvalue weighted by molar-refractivity contribution is 0.0950. The zero-order valence-corrected chi connectivity index (χ0v) is 10.1. The molecule has 0 spiro atoms. The maximum Gasteiger partial charge on any atom is 0.273 e. The summed E-state index contributed by atoms with van der Waals surface area (Å²) in [6.07, 6.45) is 3.43. The highest BCUT2D eigenvalue weighted by Gasteiger charge is 2.10. The number of carbonyl (C=O) groups is 1. The van der Waals surface area contributed by atoms with E-state index < -0.39 is 0 Å². The van der Waals surface area contributed by atoms with E-state index in [-0.39, 0.29) is 23.2 Å². The lowest BCUT2D eigenvalue weighted by Gasteiger charge is -2.06. The van der Waals surface area contributed by atoms with Crippen LogP contribution in [0, 0.1) is 5.82 Å². The number of nitrogens with two attached hydrogens (primary N) is 1. The molecule has 98 valence electrons. The van der Waals surface area contributed by atoms with Crippen molar-refractivity contribution in [3.63, 3.8) is 0 Å². The minimum atomic E-state index is -0.368. The number of rotatable bonds is 4. The van der Waals surface area contributed by atoms with Crippen molar-refractivity contribution in [2.24, 2.45) is 0 Å². The number of aromatic nitrogens is 2. The molecule has 0 saturated carbocycles. The number of amides is 1. The highest BCUT2D eigenvalue weighted by molar-refractivity contribution is 5.96. The van der Waals surface area contributed by atoms with Crippen LogP contribution in [0.5, 0.6) is 0 Å². The Hall–Kier alpha value is -2.50. The molecule has 2 aromatic rings. The molecule has 0 aliphatic heterocycles. The summed E-state index contributed by atoms with van der Waals surface area (Å²) in [5.74, 6) is -0.547. The van der Waals surface area contributed by atoms with Crippen molar-refractivity contribution in [3.8, 4) is 0 Å². The van der Waals surface area contributed by atoms with Gasteiger partial charge in [-0.1, -0.05) is 12.1 Å². The molecular formula is C13H13FN4O. The van der Waals surface area contributed by atoms with Crippen LogP contribution in [-0.2, 0) is 6.42 Å². The Balaban J connectivity index is 1.88. The average Bonchev–Trinajstić information content (AvgIpc) is 2.41. The van der Waals surface area contributed by atoms with Crippen molar-refractivity contribution in [2.75, 3.05) is 12.3 Å². The van der Waals surface area contributed by atoms with E-state index in [2.05, 4.69) is 15.3 Å². The Bertz CT molecular complexity index is 571. The maximum atomic E-state index is 12.7. The van der Waals surface area contributed by atoms with Gasteiger partial charge in [-0.15, -0.1) is 0 Å². The van der Waals surface area contributed by atoms with Crippen LogP contribution in [0.15, 0.2) is 36.7 Å². The zero-order valence-electron chi connectivity index (χ0n) is 10.1. The molecule has 0 bridgehead atoms. The van der Waals surface area contributed by atoms with Crippen molar-refractivity contribution >= 4 is 11.7 Å². The molecule has 1 heterocycles. The second-order valence-corrected chi connectivity index (χ2v) is 3.92. The average molecular weight is 260 g/mol. The molecule has 0 atom stereocenters. The number of nitrogen functional groups attached to an aromatic ring is 1. The molecule has 19 heavy (non-hydrogen) atoms. The largest absolute Gasteiger partial charge is 0.382 e. The van der Waals surface area contributed by atoms with Gasteiger partial charge in [0.1, 0.15) is 5.82 Å². The van der Waals surface area contributed by atoms with E-state index in [1.165, 1.54) is 24.5 Å². The predicted octanol–water partition coefficient (Wildman–Crippen LogP) is 1.17. The third-order valence-electron chi connectivity index (χ3n) is 2.55. The first-order valence-corrected chi connectivity index (χ1v) is 5.76. The molecule has 0 radical (unpaired) electrons. The first kappa shape index (κ1) is 12.9. The minimum absolute atomic E-state index is 0.0989. The highest BCUT2D eigenvalue weighted by atomic mass is 19.1. The smallest absolute Gasteiger partial charge is 0.273 e. The molecule has 0 saturated heterocycles. The van der Waals surface area contributed by atoms with Crippen LogP contribution in [-0.4, -0.2) is 22.4 Å². The Morgan fingerprint density at radius 1 is 1.21 bits per heavy atom. The Morgan fingerprint density at radius 3 is 2.58 bits per heavy atom. The van der Waals surface area contributed by atoms with Crippen molar-refractivity contribution < 1.29 is 9.18 Å². The monoisotopic (exact) mass is 260 g/mol. The van der Waals surface area contributed by atoms with Crippen molar-refractivity contribution in [1.82, 2.24) is 15.3 Å². The molecule has 0 unspecified atom stereocenters. The van der Waals surface area contributed by atoms with Crippen LogP contribution in [0.25, 0.3) is 0 Å². The number of carbonyl (C=O) groups excluding carboxylic acids is 1. The third-order valence-corrected chi connectivity index (χ3v) is 2.55. The van der Waals surface area contributed by atoms with Gasteiger partial charge in [-0.3, -0.25) is 4.79 Å². The summed E-state index contributed by atoms with van der Waals surface area (Å²) in [7, 11) is 0. The predicted molar refractivity (Wildman–Crippen MR) is 68.9 cm³/mol. The highest BCUT2D eigenvalue weighted by Crippen LogP contribution is 2.04. The first-order chi connectivity index (χ1) is 9.16. The van der Waals surface area contributed by atoms with Crippen molar-refractivity contribution in [3.05, 3.63) is 53.7 Å². The topological polar surface area (TPSA) is 80.9 Å². The second-order valence-electron chi connectivity index (χ2n) is 3.92. The number of hydrogen-bond acceptors (Lipinski definition) is 4. The molecule has 0 fully saturated rings. The van der Waals surface area contributed by atoms with Gasteiger partial charge in [0.05, 0.1) is 0 Å². The second kappa shape index (κ2) is 5.90. The summed E-state index contributed by atoms with van der Waals surface area (Å²) in [5, 5.41) is 2.69. The van der Waals surface area contributed by atoms with Gasteiger partial charge in [0, 0.05) is 18.9 Å². The maximum absolute atomic E-state index is 12.7. The van der Waals surface area contributed by atoms with Gasteiger partial charge in [-0.2, -0.15) is 0 Å². The minimum Gasteiger partial charge on any atom is -0.382 e.